The van der Waals surface area contributed by atoms with E-state index in [1.807, 2.05) is 23.7 Å². The lowest BCUT2D eigenvalue weighted by atomic mass is 9.66. The van der Waals surface area contributed by atoms with Gasteiger partial charge in [-0.3, -0.25) is 9.80 Å². The first-order chi connectivity index (χ1) is 12.1. The number of nitrogens with zero attached hydrogens (tertiary/aromatic N) is 4. The van der Waals surface area contributed by atoms with Crippen molar-refractivity contribution in [1.29, 1.82) is 0 Å². The van der Waals surface area contributed by atoms with Gasteiger partial charge in [-0.25, -0.2) is 9.97 Å². The Hall–Kier alpha value is -1.30. The topological polar surface area (TPSA) is 32.3 Å². The molecule has 0 bridgehead atoms. The molecule has 3 heterocycles. The van der Waals surface area contributed by atoms with Gasteiger partial charge in [-0.1, -0.05) is 6.07 Å². The maximum absolute atomic E-state index is 4.16. The van der Waals surface area contributed by atoms with Crippen LogP contribution in [0, 0.1) is 5.41 Å². The first-order valence-electron chi connectivity index (χ1n) is 9.30. The summed E-state index contributed by atoms with van der Waals surface area (Å²) in [6.07, 6.45) is 12.1. The highest BCUT2D eigenvalue weighted by Gasteiger charge is 2.47. The van der Waals surface area contributed by atoms with E-state index >= 15 is 0 Å². The summed E-state index contributed by atoms with van der Waals surface area (Å²) < 4.78 is 0. The highest BCUT2D eigenvalue weighted by Crippen LogP contribution is 2.52. The van der Waals surface area contributed by atoms with Crippen molar-refractivity contribution in [3.8, 4) is 0 Å². The largest absolute Gasteiger partial charge is 0.299 e. The fraction of sp³-hybridized carbons (Fsp3) is 0.600. The van der Waals surface area contributed by atoms with E-state index in [0.717, 1.165) is 6.54 Å². The molecule has 0 radical (unpaired) electrons. The van der Waals surface area contributed by atoms with Gasteiger partial charge in [-0.2, -0.15) is 0 Å². The zero-order chi connectivity index (χ0) is 17.3. The Morgan fingerprint density at radius 1 is 1.12 bits per heavy atom. The van der Waals surface area contributed by atoms with Crippen LogP contribution in [0.1, 0.15) is 42.5 Å². The van der Waals surface area contributed by atoms with E-state index in [1.165, 1.54) is 50.8 Å². The molecule has 1 spiro atoms. The van der Waals surface area contributed by atoms with Crippen LogP contribution in [0.4, 0.5) is 0 Å². The molecule has 4 rings (SSSR count). The van der Waals surface area contributed by atoms with Crippen LogP contribution in [0.2, 0.25) is 0 Å². The standard InChI is InChI=1S/C20H28N4S/c1-23(2)20(18-4-3-11-25-18)7-5-19(6-8-20)9-10-24(15-19)14-17-12-21-16-22-13-17/h3-4,11-13,16H,5-10,14-15H2,1-2H3. The highest BCUT2D eigenvalue weighted by molar-refractivity contribution is 7.10. The van der Waals surface area contributed by atoms with Crippen LogP contribution < -0.4 is 0 Å². The van der Waals surface area contributed by atoms with Crippen molar-refractivity contribution < 1.29 is 0 Å². The molecule has 2 aliphatic rings. The predicted molar refractivity (Wildman–Crippen MR) is 103 cm³/mol. The van der Waals surface area contributed by atoms with Crippen molar-refractivity contribution in [3.63, 3.8) is 0 Å². The van der Waals surface area contributed by atoms with E-state index in [2.05, 4.69) is 51.4 Å². The van der Waals surface area contributed by atoms with Crippen molar-refractivity contribution in [3.05, 3.63) is 46.7 Å². The van der Waals surface area contributed by atoms with Crippen molar-refractivity contribution in [2.75, 3.05) is 27.2 Å². The van der Waals surface area contributed by atoms with Gasteiger partial charge >= 0.3 is 0 Å². The first kappa shape index (κ1) is 17.1. The van der Waals surface area contributed by atoms with Crippen molar-refractivity contribution >= 4 is 11.3 Å². The Morgan fingerprint density at radius 3 is 2.52 bits per heavy atom. The molecule has 0 N–H and O–H groups in total. The molecule has 5 heteroatoms. The predicted octanol–water partition coefficient (Wildman–Crippen LogP) is 3.76. The lowest BCUT2D eigenvalue weighted by Crippen LogP contribution is -2.47. The van der Waals surface area contributed by atoms with Crippen LogP contribution in [-0.4, -0.2) is 47.0 Å². The van der Waals surface area contributed by atoms with E-state index in [4.69, 9.17) is 0 Å². The number of hydrogen-bond acceptors (Lipinski definition) is 5. The van der Waals surface area contributed by atoms with Crippen molar-refractivity contribution in [2.24, 2.45) is 5.41 Å². The molecular formula is C20H28N4S. The van der Waals surface area contributed by atoms with Gasteiger partial charge in [-0.15, -0.1) is 11.3 Å². The minimum Gasteiger partial charge on any atom is -0.299 e. The third-order valence-electron chi connectivity index (χ3n) is 6.51. The van der Waals surface area contributed by atoms with Gasteiger partial charge in [0.1, 0.15) is 6.33 Å². The minimum absolute atomic E-state index is 0.250. The molecule has 2 aromatic heterocycles. The molecule has 0 atom stereocenters. The van der Waals surface area contributed by atoms with E-state index in [0.29, 0.717) is 5.41 Å². The third-order valence-corrected chi connectivity index (χ3v) is 7.57. The molecule has 2 aromatic rings. The smallest absolute Gasteiger partial charge is 0.115 e. The van der Waals surface area contributed by atoms with E-state index in [1.54, 1.807) is 11.2 Å². The molecule has 0 amide bonds. The summed E-state index contributed by atoms with van der Waals surface area (Å²) in [5.74, 6) is 0. The van der Waals surface area contributed by atoms with E-state index < -0.39 is 0 Å². The molecule has 0 unspecified atom stereocenters. The Labute approximate surface area is 154 Å². The van der Waals surface area contributed by atoms with Gasteiger partial charge in [0.2, 0.25) is 0 Å². The second kappa shape index (κ2) is 6.78. The molecule has 134 valence electrons. The molecule has 1 aliphatic heterocycles. The zero-order valence-electron chi connectivity index (χ0n) is 15.3. The lowest BCUT2D eigenvalue weighted by molar-refractivity contribution is 0.0404. The third kappa shape index (κ3) is 3.25. The van der Waals surface area contributed by atoms with Crippen LogP contribution in [0.5, 0.6) is 0 Å². The quantitative estimate of drug-likeness (QED) is 0.835. The van der Waals surface area contributed by atoms with Crippen LogP contribution in [0.3, 0.4) is 0 Å². The molecular weight excluding hydrogens is 328 g/mol. The van der Waals surface area contributed by atoms with Crippen LogP contribution >= 0.6 is 11.3 Å². The average Bonchev–Trinajstić information content (AvgIpc) is 3.28. The molecule has 1 aliphatic carbocycles. The van der Waals surface area contributed by atoms with Crippen LogP contribution in [-0.2, 0) is 12.1 Å². The summed E-state index contributed by atoms with van der Waals surface area (Å²) in [7, 11) is 4.52. The second-order valence-corrected chi connectivity index (χ2v) is 9.06. The minimum atomic E-state index is 0.250. The maximum Gasteiger partial charge on any atom is 0.115 e. The summed E-state index contributed by atoms with van der Waals surface area (Å²) in [6.45, 7) is 3.44. The van der Waals surface area contributed by atoms with Crippen LogP contribution in [0.15, 0.2) is 36.2 Å². The first-order valence-corrected chi connectivity index (χ1v) is 10.2. The maximum atomic E-state index is 4.16. The van der Waals surface area contributed by atoms with Crippen molar-refractivity contribution in [1.82, 2.24) is 19.8 Å². The van der Waals surface area contributed by atoms with Gasteiger partial charge in [0.25, 0.3) is 0 Å². The SMILES string of the molecule is CN(C)C1(c2cccs2)CCC2(CCN(Cc3cncnc3)C2)CC1. The summed E-state index contributed by atoms with van der Waals surface area (Å²) in [5, 5.41) is 2.23. The highest BCUT2D eigenvalue weighted by atomic mass is 32.1. The molecule has 2 fully saturated rings. The zero-order valence-corrected chi connectivity index (χ0v) is 16.1. The average molecular weight is 357 g/mol. The Morgan fingerprint density at radius 2 is 1.88 bits per heavy atom. The molecule has 0 aromatic carbocycles. The number of aromatic nitrogens is 2. The summed E-state index contributed by atoms with van der Waals surface area (Å²) in [5.41, 5.74) is 2.00. The number of rotatable bonds is 4. The Bertz CT molecular complexity index is 675. The summed E-state index contributed by atoms with van der Waals surface area (Å²) in [6, 6.07) is 4.54. The number of likely N-dealkylation sites (tertiary alicyclic amines) is 1. The lowest BCUT2D eigenvalue weighted by Gasteiger charge is -2.48. The van der Waals surface area contributed by atoms with Gasteiger partial charge in [-0.05, 0) is 69.6 Å². The summed E-state index contributed by atoms with van der Waals surface area (Å²) >= 11 is 1.92. The fourth-order valence-corrected chi connectivity index (χ4v) is 5.96. The molecule has 1 saturated heterocycles. The molecule has 25 heavy (non-hydrogen) atoms. The van der Waals surface area contributed by atoms with Crippen LogP contribution in [0.25, 0.3) is 0 Å². The van der Waals surface area contributed by atoms with Gasteiger partial charge < -0.3 is 0 Å². The fourth-order valence-electron chi connectivity index (χ4n) is 4.89. The van der Waals surface area contributed by atoms with Gasteiger partial charge in [0, 0.05) is 35.9 Å². The Kier molecular flexibility index (Phi) is 4.65. The normalized spacial score (nSPS) is 30.4. The van der Waals surface area contributed by atoms with Crippen molar-refractivity contribution in [2.45, 2.75) is 44.2 Å². The Balaban J connectivity index is 1.43. The monoisotopic (exact) mass is 356 g/mol. The molecule has 1 saturated carbocycles. The van der Waals surface area contributed by atoms with Gasteiger partial charge in [0.15, 0.2) is 0 Å². The summed E-state index contributed by atoms with van der Waals surface area (Å²) in [4.78, 5) is 14.9. The number of hydrogen-bond donors (Lipinski definition) is 0. The number of thiophene rings is 1. The second-order valence-electron chi connectivity index (χ2n) is 8.11. The van der Waals surface area contributed by atoms with E-state index in [9.17, 15) is 0 Å². The molecule has 4 nitrogen and oxygen atoms in total. The van der Waals surface area contributed by atoms with E-state index in [-0.39, 0.29) is 5.54 Å². The van der Waals surface area contributed by atoms with Gasteiger partial charge in [0.05, 0.1) is 5.54 Å².